The molecule has 0 unspecified atom stereocenters. The summed E-state index contributed by atoms with van der Waals surface area (Å²) in [6.45, 7) is 9.15. The number of H-pyrrole nitrogens is 1. The number of rotatable bonds is 8. The summed E-state index contributed by atoms with van der Waals surface area (Å²) >= 11 is 0. The monoisotopic (exact) mass is 412 g/mol. The van der Waals surface area contributed by atoms with E-state index in [0.29, 0.717) is 24.9 Å². The molecule has 30 heavy (non-hydrogen) atoms. The van der Waals surface area contributed by atoms with Gasteiger partial charge in [-0.3, -0.25) is 14.3 Å². The molecule has 3 aromatic rings. The molecule has 0 amide bonds. The van der Waals surface area contributed by atoms with Crippen molar-refractivity contribution < 1.29 is 4.42 Å². The Hall–Kier alpha value is -3.36. The first-order valence-corrected chi connectivity index (χ1v) is 10.0. The van der Waals surface area contributed by atoms with Crippen LogP contribution in [-0.2, 0) is 13.1 Å². The summed E-state index contributed by atoms with van der Waals surface area (Å²) < 4.78 is 7.22. The van der Waals surface area contributed by atoms with E-state index in [9.17, 15) is 9.59 Å². The van der Waals surface area contributed by atoms with Gasteiger partial charge in [-0.1, -0.05) is 45.9 Å². The maximum absolute atomic E-state index is 12.7. The number of hydrogen-bond donors (Lipinski definition) is 2. The molecule has 2 heterocycles. The van der Waals surface area contributed by atoms with E-state index in [0.717, 1.165) is 5.56 Å². The van der Waals surface area contributed by atoms with E-state index in [-0.39, 0.29) is 29.9 Å². The molecule has 2 aromatic heterocycles. The van der Waals surface area contributed by atoms with Crippen LogP contribution in [-0.4, -0.2) is 26.3 Å². The molecule has 0 aliphatic rings. The minimum absolute atomic E-state index is 0.140. The molecular weight excluding hydrogens is 384 g/mol. The Morgan fingerprint density at radius 2 is 1.80 bits per heavy atom. The number of nitrogen functional groups attached to an aromatic ring is 1. The van der Waals surface area contributed by atoms with Gasteiger partial charge < -0.3 is 15.1 Å². The van der Waals surface area contributed by atoms with Crippen LogP contribution >= 0.6 is 0 Å². The van der Waals surface area contributed by atoms with Gasteiger partial charge in [0.15, 0.2) is 0 Å². The summed E-state index contributed by atoms with van der Waals surface area (Å²) in [6, 6.07) is 9.46. The SMILES string of the molecule is CC(C)CN(Cc1nnc(-c2ccccc2)o1)c1c(N)n(CC(C)C)c(=O)[nH]c1=O. The Balaban J connectivity index is 1.99. The predicted octanol–water partition coefficient (Wildman–Crippen LogP) is 2.49. The van der Waals surface area contributed by atoms with Crippen LogP contribution in [0.15, 0.2) is 44.3 Å². The number of benzene rings is 1. The smallest absolute Gasteiger partial charge is 0.330 e. The number of hydrogen-bond acceptors (Lipinski definition) is 7. The fourth-order valence-electron chi connectivity index (χ4n) is 3.28. The van der Waals surface area contributed by atoms with E-state index < -0.39 is 11.2 Å². The quantitative estimate of drug-likeness (QED) is 0.582. The molecule has 0 saturated heterocycles. The molecule has 9 heteroatoms. The molecule has 3 N–H and O–H groups in total. The lowest BCUT2D eigenvalue weighted by atomic mass is 10.2. The van der Waals surface area contributed by atoms with Crippen LogP contribution in [0.3, 0.4) is 0 Å². The molecule has 9 nitrogen and oxygen atoms in total. The minimum Gasteiger partial charge on any atom is -0.419 e. The van der Waals surface area contributed by atoms with E-state index in [4.69, 9.17) is 10.2 Å². The van der Waals surface area contributed by atoms with Crippen molar-refractivity contribution in [1.29, 1.82) is 0 Å². The van der Waals surface area contributed by atoms with Gasteiger partial charge in [-0.2, -0.15) is 0 Å². The summed E-state index contributed by atoms with van der Waals surface area (Å²) in [5.74, 6) is 1.31. The Labute approximate surface area is 174 Å². The lowest BCUT2D eigenvalue weighted by molar-refractivity contribution is 0.482. The van der Waals surface area contributed by atoms with E-state index in [1.54, 1.807) is 4.90 Å². The normalized spacial score (nSPS) is 11.4. The zero-order valence-electron chi connectivity index (χ0n) is 17.8. The second-order valence-electron chi connectivity index (χ2n) is 8.14. The summed E-state index contributed by atoms with van der Waals surface area (Å²) in [4.78, 5) is 29.1. The summed E-state index contributed by atoms with van der Waals surface area (Å²) in [6.07, 6.45) is 0. The fraction of sp³-hybridized carbons (Fsp3) is 0.429. The van der Waals surface area contributed by atoms with Crippen molar-refractivity contribution in [2.45, 2.75) is 40.8 Å². The van der Waals surface area contributed by atoms with Crippen LogP contribution in [0.2, 0.25) is 0 Å². The highest BCUT2D eigenvalue weighted by molar-refractivity contribution is 5.62. The largest absolute Gasteiger partial charge is 0.419 e. The van der Waals surface area contributed by atoms with Crippen molar-refractivity contribution in [2.75, 3.05) is 17.2 Å². The first-order chi connectivity index (χ1) is 14.3. The van der Waals surface area contributed by atoms with Crippen LogP contribution < -0.4 is 21.9 Å². The third-order valence-corrected chi connectivity index (χ3v) is 4.48. The first-order valence-electron chi connectivity index (χ1n) is 10.0. The van der Waals surface area contributed by atoms with Crippen molar-refractivity contribution in [2.24, 2.45) is 11.8 Å². The highest BCUT2D eigenvalue weighted by atomic mass is 16.4. The highest BCUT2D eigenvalue weighted by Gasteiger charge is 2.22. The minimum atomic E-state index is -0.527. The average molecular weight is 412 g/mol. The molecule has 0 spiro atoms. The van der Waals surface area contributed by atoms with Gasteiger partial charge in [0.05, 0.1) is 6.54 Å². The van der Waals surface area contributed by atoms with Gasteiger partial charge in [-0.15, -0.1) is 10.2 Å². The van der Waals surface area contributed by atoms with Gasteiger partial charge >= 0.3 is 5.69 Å². The van der Waals surface area contributed by atoms with Crippen LogP contribution in [0.1, 0.15) is 33.6 Å². The van der Waals surface area contributed by atoms with Crippen molar-refractivity contribution in [3.8, 4) is 11.5 Å². The summed E-state index contributed by atoms with van der Waals surface area (Å²) in [7, 11) is 0. The predicted molar refractivity (Wildman–Crippen MR) is 116 cm³/mol. The van der Waals surface area contributed by atoms with Crippen molar-refractivity contribution >= 4 is 11.5 Å². The lowest BCUT2D eigenvalue weighted by Crippen LogP contribution is -2.40. The topological polar surface area (TPSA) is 123 Å². The lowest BCUT2D eigenvalue weighted by Gasteiger charge is -2.26. The Morgan fingerprint density at radius 1 is 1.10 bits per heavy atom. The molecule has 0 atom stereocenters. The highest BCUT2D eigenvalue weighted by Crippen LogP contribution is 2.23. The van der Waals surface area contributed by atoms with Crippen molar-refractivity contribution in [3.05, 3.63) is 57.1 Å². The van der Waals surface area contributed by atoms with Gasteiger partial charge in [-0.05, 0) is 24.0 Å². The maximum Gasteiger partial charge on any atom is 0.330 e. The molecule has 0 aliphatic carbocycles. The standard InChI is InChI=1S/C21H28N6O3/c1-13(2)10-26(12-16-24-25-20(30-16)15-8-6-5-7-9-15)17-18(22)27(11-14(3)4)21(29)23-19(17)28/h5-9,13-14H,10-12,22H2,1-4H3,(H,23,28,29). The van der Waals surface area contributed by atoms with Crippen LogP contribution in [0.4, 0.5) is 11.5 Å². The van der Waals surface area contributed by atoms with Gasteiger partial charge in [0, 0.05) is 18.7 Å². The number of nitrogens with one attached hydrogen (secondary N) is 1. The Bertz CT molecular complexity index is 1100. The molecule has 0 radical (unpaired) electrons. The molecule has 0 bridgehead atoms. The van der Waals surface area contributed by atoms with Gasteiger partial charge in [0.1, 0.15) is 11.5 Å². The third-order valence-electron chi connectivity index (χ3n) is 4.48. The second kappa shape index (κ2) is 8.98. The van der Waals surface area contributed by atoms with Gasteiger partial charge in [0.2, 0.25) is 11.8 Å². The van der Waals surface area contributed by atoms with Gasteiger partial charge in [0.25, 0.3) is 5.56 Å². The molecule has 0 saturated carbocycles. The number of aromatic amines is 1. The first kappa shape index (κ1) is 21.4. The maximum atomic E-state index is 12.7. The third kappa shape index (κ3) is 4.79. The van der Waals surface area contributed by atoms with Crippen LogP contribution in [0, 0.1) is 11.8 Å². The van der Waals surface area contributed by atoms with Crippen LogP contribution in [0.5, 0.6) is 0 Å². The van der Waals surface area contributed by atoms with Gasteiger partial charge in [-0.25, -0.2) is 4.79 Å². The molecule has 3 rings (SSSR count). The molecule has 0 aliphatic heterocycles. The molecular formula is C21H28N6O3. The van der Waals surface area contributed by atoms with Crippen molar-refractivity contribution in [3.63, 3.8) is 0 Å². The van der Waals surface area contributed by atoms with Crippen LogP contribution in [0.25, 0.3) is 11.5 Å². The zero-order valence-corrected chi connectivity index (χ0v) is 17.8. The number of anilines is 2. The Morgan fingerprint density at radius 3 is 2.43 bits per heavy atom. The average Bonchev–Trinajstić information content (AvgIpc) is 3.13. The second-order valence-corrected chi connectivity index (χ2v) is 8.14. The summed E-state index contributed by atoms with van der Waals surface area (Å²) in [5, 5.41) is 8.25. The van der Waals surface area contributed by atoms with E-state index >= 15 is 0 Å². The Kier molecular flexibility index (Phi) is 6.39. The van der Waals surface area contributed by atoms with E-state index in [2.05, 4.69) is 15.2 Å². The van der Waals surface area contributed by atoms with Crippen molar-refractivity contribution in [1.82, 2.24) is 19.7 Å². The summed E-state index contributed by atoms with van der Waals surface area (Å²) in [5.41, 5.74) is 6.31. The molecule has 160 valence electrons. The van der Waals surface area contributed by atoms with E-state index in [1.165, 1.54) is 4.57 Å². The van der Waals surface area contributed by atoms with E-state index in [1.807, 2.05) is 58.0 Å². The molecule has 0 fully saturated rings. The zero-order chi connectivity index (χ0) is 21.8. The number of nitrogens with zero attached hydrogens (tertiary/aromatic N) is 4. The fourth-order valence-corrected chi connectivity index (χ4v) is 3.28. The number of aromatic nitrogens is 4. The number of nitrogens with two attached hydrogens (primary N) is 1. The molecule has 1 aromatic carbocycles.